The zero-order chi connectivity index (χ0) is 11.4. The molecule has 0 saturated heterocycles. The second-order valence-electron chi connectivity index (χ2n) is 3.05. The van der Waals surface area contributed by atoms with Crippen molar-refractivity contribution < 1.29 is 19.1 Å². The van der Waals surface area contributed by atoms with Gasteiger partial charge in [-0.05, 0) is 12.1 Å². The van der Waals surface area contributed by atoms with Gasteiger partial charge in [0.15, 0.2) is 5.78 Å². The molecule has 88 valence electrons. The van der Waals surface area contributed by atoms with Gasteiger partial charge in [0.05, 0.1) is 5.56 Å². The van der Waals surface area contributed by atoms with Crippen LogP contribution in [0.4, 0.5) is 4.39 Å². The molecule has 3 N–H and O–H groups in total. The number of ketones is 1. The van der Waals surface area contributed by atoms with Crippen molar-refractivity contribution in [2.45, 2.75) is 12.5 Å². The number of aliphatic carboxylic acids is 1. The highest BCUT2D eigenvalue weighted by Crippen LogP contribution is 2.09. The maximum Gasteiger partial charge on any atom is 0.320 e. The zero-order valence-electron chi connectivity index (χ0n) is 8.22. The third-order valence-corrected chi connectivity index (χ3v) is 1.90. The first-order valence-corrected chi connectivity index (χ1v) is 4.28. The van der Waals surface area contributed by atoms with Crippen LogP contribution in [0.1, 0.15) is 16.8 Å². The highest BCUT2D eigenvalue weighted by atomic mass is 35.5. The van der Waals surface area contributed by atoms with E-state index in [-0.39, 0.29) is 18.0 Å². The van der Waals surface area contributed by atoms with Crippen molar-refractivity contribution in [3.05, 3.63) is 35.6 Å². The first kappa shape index (κ1) is 14.5. The molecule has 0 aromatic heterocycles. The van der Waals surface area contributed by atoms with Crippen LogP contribution in [0.15, 0.2) is 24.3 Å². The molecule has 0 aliphatic carbocycles. The van der Waals surface area contributed by atoms with Crippen LogP contribution in [0.25, 0.3) is 0 Å². The SMILES string of the molecule is Cl.N[C@@H](CC(=O)c1ccccc1F)C(=O)O. The van der Waals surface area contributed by atoms with E-state index in [1.165, 1.54) is 18.2 Å². The van der Waals surface area contributed by atoms with Crippen LogP contribution in [0.2, 0.25) is 0 Å². The predicted octanol–water partition coefficient (Wildman–Crippen LogP) is 1.23. The van der Waals surface area contributed by atoms with Gasteiger partial charge in [0.1, 0.15) is 11.9 Å². The molecule has 0 aliphatic rings. The van der Waals surface area contributed by atoms with Gasteiger partial charge in [0.2, 0.25) is 0 Å². The molecule has 0 spiro atoms. The van der Waals surface area contributed by atoms with Crippen LogP contribution in [0.5, 0.6) is 0 Å². The Bertz CT molecular complexity index is 397. The summed E-state index contributed by atoms with van der Waals surface area (Å²) in [6.45, 7) is 0. The Hall–Kier alpha value is -1.46. The standard InChI is InChI=1S/C10H10FNO3.ClH/c11-7-4-2-1-3-6(7)9(13)5-8(12)10(14)15;/h1-4,8H,5,12H2,(H,14,15);1H/t8-;/m0./s1. The molecule has 0 unspecified atom stereocenters. The Balaban J connectivity index is 0.00000225. The molecule has 0 heterocycles. The van der Waals surface area contributed by atoms with Crippen LogP contribution in [0, 0.1) is 5.82 Å². The predicted molar refractivity (Wildman–Crippen MR) is 58.2 cm³/mol. The summed E-state index contributed by atoms with van der Waals surface area (Å²) in [6, 6.07) is 4.09. The third kappa shape index (κ3) is 3.60. The second-order valence-corrected chi connectivity index (χ2v) is 3.05. The molecular weight excluding hydrogens is 237 g/mol. The summed E-state index contributed by atoms with van der Waals surface area (Å²) in [7, 11) is 0. The Kier molecular flexibility index (Phi) is 5.63. The summed E-state index contributed by atoms with van der Waals surface area (Å²) in [5.74, 6) is -2.55. The third-order valence-electron chi connectivity index (χ3n) is 1.90. The molecule has 0 bridgehead atoms. The van der Waals surface area contributed by atoms with E-state index in [9.17, 15) is 14.0 Å². The summed E-state index contributed by atoms with van der Waals surface area (Å²) in [5, 5.41) is 8.48. The van der Waals surface area contributed by atoms with E-state index in [4.69, 9.17) is 10.8 Å². The molecule has 0 amide bonds. The quantitative estimate of drug-likeness (QED) is 0.785. The monoisotopic (exact) mass is 247 g/mol. The molecule has 16 heavy (non-hydrogen) atoms. The number of hydrogen-bond acceptors (Lipinski definition) is 3. The van der Waals surface area contributed by atoms with Crippen molar-refractivity contribution in [3.8, 4) is 0 Å². The Morgan fingerprint density at radius 3 is 2.44 bits per heavy atom. The fraction of sp³-hybridized carbons (Fsp3) is 0.200. The molecule has 0 fully saturated rings. The fourth-order valence-corrected chi connectivity index (χ4v) is 1.08. The smallest absolute Gasteiger partial charge is 0.320 e. The van der Waals surface area contributed by atoms with Gasteiger partial charge in [-0.2, -0.15) is 0 Å². The number of nitrogens with two attached hydrogens (primary N) is 1. The van der Waals surface area contributed by atoms with Gasteiger partial charge in [0, 0.05) is 6.42 Å². The number of hydrogen-bond donors (Lipinski definition) is 2. The highest BCUT2D eigenvalue weighted by molar-refractivity contribution is 5.98. The highest BCUT2D eigenvalue weighted by Gasteiger charge is 2.19. The Labute approximate surface area is 97.7 Å². The minimum absolute atomic E-state index is 0. The number of halogens is 2. The van der Waals surface area contributed by atoms with E-state index < -0.39 is 30.0 Å². The number of rotatable bonds is 4. The van der Waals surface area contributed by atoms with Crippen molar-refractivity contribution in [3.63, 3.8) is 0 Å². The van der Waals surface area contributed by atoms with Gasteiger partial charge in [-0.25, -0.2) is 4.39 Å². The van der Waals surface area contributed by atoms with Crippen molar-refractivity contribution in [1.82, 2.24) is 0 Å². The molecule has 0 radical (unpaired) electrons. The van der Waals surface area contributed by atoms with Crippen LogP contribution in [-0.2, 0) is 4.79 Å². The largest absolute Gasteiger partial charge is 0.480 e. The van der Waals surface area contributed by atoms with E-state index >= 15 is 0 Å². The average molecular weight is 248 g/mol. The number of carbonyl (C=O) groups excluding carboxylic acids is 1. The van der Waals surface area contributed by atoms with E-state index in [0.29, 0.717) is 0 Å². The normalized spacial score (nSPS) is 11.4. The fourth-order valence-electron chi connectivity index (χ4n) is 1.08. The van der Waals surface area contributed by atoms with E-state index in [2.05, 4.69) is 0 Å². The molecule has 0 aliphatic heterocycles. The van der Waals surface area contributed by atoms with Gasteiger partial charge >= 0.3 is 5.97 Å². The molecule has 6 heteroatoms. The average Bonchev–Trinajstić information content (AvgIpc) is 2.18. The lowest BCUT2D eigenvalue weighted by atomic mass is 10.0. The lowest BCUT2D eigenvalue weighted by molar-refractivity contribution is -0.138. The van der Waals surface area contributed by atoms with Gasteiger partial charge in [0.25, 0.3) is 0 Å². The van der Waals surface area contributed by atoms with Gasteiger partial charge in [-0.15, -0.1) is 12.4 Å². The van der Waals surface area contributed by atoms with Crippen molar-refractivity contribution in [2.24, 2.45) is 5.73 Å². The van der Waals surface area contributed by atoms with Gasteiger partial charge in [-0.3, -0.25) is 9.59 Å². The molecular formula is C10H11ClFNO3. The first-order chi connectivity index (χ1) is 7.02. The Morgan fingerprint density at radius 2 is 1.94 bits per heavy atom. The van der Waals surface area contributed by atoms with Crippen LogP contribution in [0.3, 0.4) is 0 Å². The minimum atomic E-state index is -1.29. The maximum atomic E-state index is 13.1. The Morgan fingerprint density at radius 1 is 1.38 bits per heavy atom. The molecule has 1 rings (SSSR count). The minimum Gasteiger partial charge on any atom is -0.480 e. The van der Waals surface area contributed by atoms with Crippen molar-refractivity contribution in [2.75, 3.05) is 0 Å². The summed E-state index contributed by atoms with van der Waals surface area (Å²) in [5.41, 5.74) is 5.03. The molecule has 0 saturated carbocycles. The maximum absolute atomic E-state index is 13.1. The van der Waals surface area contributed by atoms with Crippen LogP contribution >= 0.6 is 12.4 Å². The number of benzene rings is 1. The number of Topliss-reactive ketones (excluding diaryl/α,β-unsaturated/α-hetero) is 1. The number of carboxylic acid groups (broad SMARTS) is 1. The topological polar surface area (TPSA) is 80.4 Å². The van der Waals surface area contributed by atoms with Crippen molar-refractivity contribution in [1.29, 1.82) is 0 Å². The number of carboxylic acids is 1. The lowest BCUT2D eigenvalue weighted by Gasteiger charge is -2.05. The summed E-state index contributed by atoms with van der Waals surface area (Å²) in [6.07, 6.45) is -0.406. The summed E-state index contributed by atoms with van der Waals surface area (Å²) < 4.78 is 13.1. The van der Waals surface area contributed by atoms with E-state index in [0.717, 1.165) is 6.07 Å². The number of carbonyl (C=O) groups is 2. The summed E-state index contributed by atoms with van der Waals surface area (Å²) in [4.78, 5) is 21.8. The second kappa shape index (κ2) is 6.19. The first-order valence-electron chi connectivity index (χ1n) is 4.28. The molecule has 1 atom stereocenters. The van der Waals surface area contributed by atoms with E-state index in [1.54, 1.807) is 0 Å². The lowest BCUT2D eigenvalue weighted by Crippen LogP contribution is -2.32. The van der Waals surface area contributed by atoms with E-state index in [1.807, 2.05) is 0 Å². The van der Waals surface area contributed by atoms with Gasteiger partial charge in [-0.1, -0.05) is 12.1 Å². The van der Waals surface area contributed by atoms with Crippen LogP contribution in [-0.4, -0.2) is 22.9 Å². The van der Waals surface area contributed by atoms with Gasteiger partial charge < -0.3 is 10.8 Å². The molecule has 1 aromatic carbocycles. The molecule has 4 nitrogen and oxygen atoms in total. The van der Waals surface area contributed by atoms with Crippen molar-refractivity contribution >= 4 is 24.2 Å². The zero-order valence-corrected chi connectivity index (χ0v) is 9.04. The molecule has 1 aromatic rings. The van der Waals surface area contributed by atoms with Crippen LogP contribution < -0.4 is 5.73 Å². The summed E-state index contributed by atoms with van der Waals surface area (Å²) >= 11 is 0.